The standard InChI is InChI=1S/C19H12BrClF2O2/c1-2-25-10-7-15(22)17(16(23)8-10)19(24)13-9-14(20)11-5-3-4-6-12(11)18(13)21/h3-9H,2H2,1H3. The summed E-state index contributed by atoms with van der Waals surface area (Å²) >= 11 is 9.71. The Kier molecular flexibility index (Phi) is 5.06. The second-order valence-electron chi connectivity index (χ2n) is 5.29. The molecular weight excluding hydrogens is 414 g/mol. The molecule has 0 aromatic heterocycles. The lowest BCUT2D eigenvalue weighted by molar-refractivity contribution is 0.103. The predicted octanol–water partition coefficient (Wildman–Crippen LogP) is 6.16. The fraction of sp³-hybridized carbons (Fsp3) is 0.105. The molecule has 0 bridgehead atoms. The van der Waals surface area contributed by atoms with Crippen molar-refractivity contribution in [2.24, 2.45) is 0 Å². The van der Waals surface area contributed by atoms with Crippen LogP contribution in [0.15, 0.2) is 46.9 Å². The summed E-state index contributed by atoms with van der Waals surface area (Å²) in [6, 6.07) is 10.6. The van der Waals surface area contributed by atoms with Crippen molar-refractivity contribution in [2.75, 3.05) is 6.61 Å². The number of hydrogen-bond donors (Lipinski definition) is 0. The van der Waals surface area contributed by atoms with Crippen molar-refractivity contribution in [3.8, 4) is 5.75 Å². The van der Waals surface area contributed by atoms with Gasteiger partial charge in [0.1, 0.15) is 17.4 Å². The molecule has 0 atom stereocenters. The number of hydrogen-bond acceptors (Lipinski definition) is 2. The van der Waals surface area contributed by atoms with Gasteiger partial charge < -0.3 is 4.74 Å². The third kappa shape index (κ3) is 3.26. The minimum Gasteiger partial charge on any atom is -0.494 e. The molecule has 6 heteroatoms. The van der Waals surface area contributed by atoms with Gasteiger partial charge >= 0.3 is 0 Å². The molecule has 0 saturated heterocycles. The van der Waals surface area contributed by atoms with Gasteiger partial charge in [0, 0.05) is 27.6 Å². The van der Waals surface area contributed by atoms with Gasteiger partial charge in [-0.3, -0.25) is 4.79 Å². The molecule has 2 nitrogen and oxygen atoms in total. The Bertz CT molecular complexity index is 966. The molecule has 25 heavy (non-hydrogen) atoms. The lowest BCUT2D eigenvalue weighted by Gasteiger charge is -2.11. The Hall–Kier alpha value is -1.98. The van der Waals surface area contributed by atoms with Gasteiger partial charge in [-0.1, -0.05) is 51.8 Å². The molecule has 0 saturated carbocycles. The summed E-state index contributed by atoms with van der Waals surface area (Å²) in [7, 11) is 0. The highest BCUT2D eigenvalue weighted by Gasteiger charge is 2.24. The zero-order valence-electron chi connectivity index (χ0n) is 13.1. The molecule has 0 aliphatic heterocycles. The largest absolute Gasteiger partial charge is 0.494 e. The molecule has 0 amide bonds. The Morgan fingerprint density at radius 1 is 1.12 bits per heavy atom. The highest BCUT2D eigenvalue weighted by molar-refractivity contribution is 9.10. The van der Waals surface area contributed by atoms with Crippen molar-refractivity contribution < 1.29 is 18.3 Å². The van der Waals surface area contributed by atoms with Gasteiger partial charge in [0.2, 0.25) is 5.78 Å². The Labute approximate surface area is 156 Å². The maximum Gasteiger partial charge on any atom is 0.200 e. The Balaban J connectivity index is 2.17. The maximum absolute atomic E-state index is 14.3. The van der Waals surface area contributed by atoms with E-state index in [9.17, 15) is 13.6 Å². The smallest absolute Gasteiger partial charge is 0.200 e. The SMILES string of the molecule is CCOc1cc(F)c(C(=O)c2cc(Br)c3ccccc3c2Cl)c(F)c1. The second-order valence-corrected chi connectivity index (χ2v) is 6.52. The van der Waals surface area contributed by atoms with Crippen LogP contribution in [-0.4, -0.2) is 12.4 Å². The Morgan fingerprint density at radius 3 is 2.32 bits per heavy atom. The molecule has 0 unspecified atom stereocenters. The molecule has 3 aromatic carbocycles. The first kappa shape index (κ1) is 17.8. The first-order valence-electron chi connectivity index (χ1n) is 7.47. The highest BCUT2D eigenvalue weighted by atomic mass is 79.9. The average molecular weight is 426 g/mol. The van der Waals surface area contributed by atoms with Crippen LogP contribution in [-0.2, 0) is 0 Å². The van der Waals surface area contributed by atoms with Crippen LogP contribution in [0.25, 0.3) is 10.8 Å². The molecule has 0 aliphatic rings. The third-order valence-corrected chi connectivity index (χ3v) is 4.79. The minimum absolute atomic E-state index is 0.0224. The van der Waals surface area contributed by atoms with Crippen LogP contribution in [0.5, 0.6) is 5.75 Å². The highest BCUT2D eigenvalue weighted by Crippen LogP contribution is 2.35. The zero-order valence-corrected chi connectivity index (χ0v) is 15.4. The molecule has 0 radical (unpaired) electrons. The molecule has 128 valence electrons. The van der Waals surface area contributed by atoms with E-state index in [0.29, 0.717) is 9.86 Å². The van der Waals surface area contributed by atoms with E-state index in [4.69, 9.17) is 16.3 Å². The van der Waals surface area contributed by atoms with Gasteiger partial charge in [-0.2, -0.15) is 0 Å². The lowest BCUT2D eigenvalue weighted by Crippen LogP contribution is -2.09. The Morgan fingerprint density at radius 2 is 1.72 bits per heavy atom. The lowest BCUT2D eigenvalue weighted by atomic mass is 9.99. The number of carbonyl (C=O) groups is 1. The molecule has 0 N–H and O–H groups in total. The molecule has 3 rings (SSSR count). The minimum atomic E-state index is -0.992. The van der Waals surface area contributed by atoms with Gasteiger partial charge in [-0.25, -0.2) is 8.78 Å². The van der Waals surface area contributed by atoms with Crippen LogP contribution in [0.3, 0.4) is 0 Å². The number of benzene rings is 3. The van der Waals surface area contributed by atoms with Crippen LogP contribution in [0, 0.1) is 11.6 Å². The van der Waals surface area contributed by atoms with Crippen molar-refractivity contribution >= 4 is 44.1 Å². The monoisotopic (exact) mass is 424 g/mol. The van der Waals surface area contributed by atoms with Crippen LogP contribution in [0.4, 0.5) is 8.78 Å². The topological polar surface area (TPSA) is 26.3 Å². The zero-order chi connectivity index (χ0) is 18.1. The molecule has 3 aromatic rings. The molecule has 0 aliphatic carbocycles. The number of rotatable bonds is 4. The second kappa shape index (κ2) is 7.10. The number of ketones is 1. The molecule has 0 fully saturated rings. The maximum atomic E-state index is 14.3. The van der Waals surface area contributed by atoms with Crippen molar-refractivity contribution in [3.05, 3.63) is 74.7 Å². The third-order valence-electron chi connectivity index (χ3n) is 3.73. The summed E-state index contributed by atoms with van der Waals surface area (Å²) < 4.78 is 34.3. The molecular formula is C19H12BrClF2O2. The van der Waals surface area contributed by atoms with E-state index in [1.807, 2.05) is 12.1 Å². The van der Waals surface area contributed by atoms with Crippen molar-refractivity contribution in [1.29, 1.82) is 0 Å². The van der Waals surface area contributed by atoms with Gasteiger partial charge in [0.15, 0.2) is 0 Å². The summed E-state index contributed by atoms with van der Waals surface area (Å²) in [5.74, 6) is -2.78. The van der Waals surface area contributed by atoms with Gasteiger partial charge in [-0.15, -0.1) is 0 Å². The van der Waals surface area contributed by atoms with Crippen molar-refractivity contribution in [2.45, 2.75) is 6.92 Å². The first-order valence-corrected chi connectivity index (χ1v) is 8.64. The van der Waals surface area contributed by atoms with E-state index in [2.05, 4.69) is 15.9 Å². The number of ether oxygens (including phenoxy) is 1. The fourth-order valence-electron chi connectivity index (χ4n) is 2.61. The van der Waals surface area contributed by atoms with E-state index in [0.717, 1.165) is 17.5 Å². The predicted molar refractivity (Wildman–Crippen MR) is 97.6 cm³/mol. The van der Waals surface area contributed by atoms with Gasteiger partial charge in [0.25, 0.3) is 0 Å². The summed E-state index contributed by atoms with van der Waals surface area (Å²) in [4.78, 5) is 12.7. The number of carbonyl (C=O) groups excluding carboxylic acids is 1. The molecule has 0 spiro atoms. The van der Waals surface area contributed by atoms with Crippen molar-refractivity contribution in [3.63, 3.8) is 0 Å². The van der Waals surface area contributed by atoms with Crippen LogP contribution >= 0.6 is 27.5 Å². The van der Waals surface area contributed by atoms with E-state index in [1.54, 1.807) is 19.1 Å². The quantitative estimate of drug-likeness (QED) is 0.468. The van der Waals surface area contributed by atoms with Crippen LogP contribution < -0.4 is 4.74 Å². The summed E-state index contributed by atoms with van der Waals surface area (Å²) in [5.41, 5.74) is -0.637. The molecule has 0 heterocycles. The van der Waals surface area contributed by atoms with Crippen LogP contribution in [0.1, 0.15) is 22.8 Å². The first-order chi connectivity index (χ1) is 11.9. The van der Waals surface area contributed by atoms with E-state index in [1.165, 1.54) is 6.07 Å². The van der Waals surface area contributed by atoms with Gasteiger partial charge in [-0.05, 0) is 18.4 Å². The van der Waals surface area contributed by atoms with Crippen LogP contribution in [0.2, 0.25) is 5.02 Å². The summed E-state index contributed by atoms with van der Waals surface area (Å²) in [6.45, 7) is 1.96. The van der Waals surface area contributed by atoms with E-state index >= 15 is 0 Å². The normalized spacial score (nSPS) is 10.9. The average Bonchev–Trinajstić information content (AvgIpc) is 2.57. The number of fused-ring (bicyclic) bond motifs is 1. The number of halogens is 4. The van der Waals surface area contributed by atoms with E-state index < -0.39 is 23.0 Å². The van der Waals surface area contributed by atoms with Gasteiger partial charge in [0.05, 0.1) is 17.2 Å². The van der Waals surface area contributed by atoms with E-state index in [-0.39, 0.29) is 22.9 Å². The van der Waals surface area contributed by atoms with Crippen molar-refractivity contribution in [1.82, 2.24) is 0 Å². The fourth-order valence-corrected chi connectivity index (χ4v) is 3.49. The summed E-state index contributed by atoms with van der Waals surface area (Å²) in [6.07, 6.45) is 0. The summed E-state index contributed by atoms with van der Waals surface area (Å²) in [5, 5.41) is 1.57.